The first-order valence-electron chi connectivity index (χ1n) is 4.62. The zero-order valence-corrected chi connectivity index (χ0v) is 9.33. The van der Waals surface area contributed by atoms with Crippen molar-refractivity contribution in [3.8, 4) is 0 Å². The van der Waals surface area contributed by atoms with Gasteiger partial charge in [0.15, 0.2) is 0 Å². The minimum Gasteiger partial charge on any atom is -0.328 e. The van der Waals surface area contributed by atoms with Crippen LogP contribution in [0.5, 0.6) is 0 Å². The predicted molar refractivity (Wildman–Crippen MR) is 54.1 cm³/mol. The molecule has 0 amide bonds. The molecule has 2 nitrogen and oxygen atoms in total. The van der Waals surface area contributed by atoms with Gasteiger partial charge in [0.1, 0.15) is 0 Å². The summed E-state index contributed by atoms with van der Waals surface area (Å²) in [6.07, 6.45) is 2.57. The quantitative estimate of drug-likeness (QED) is 0.599. The van der Waals surface area contributed by atoms with Gasteiger partial charge in [0, 0.05) is 0 Å². The Hall–Kier alpha value is 0.137. The highest BCUT2D eigenvalue weighted by atomic mass is 28.3. The Morgan fingerprint density at radius 3 is 1.45 bits per heavy atom. The second-order valence-corrected chi connectivity index (χ2v) is 7.25. The molecule has 0 bridgehead atoms. The van der Waals surface area contributed by atoms with Crippen molar-refractivity contribution in [2.24, 2.45) is 0 Å². The van der Waals surface area contributed by atoms with Crippen LogP contribution >= 0.6 is 0 Å². The van der Waals surface area contributed by atoms with Crippen molar-refractivity contribution >= 4 is 8.40 Å². The Morgan fingerprint density at radius 2 is 1.27 bits per heavy atom. The Morgan fingerprint density at radius 1 is 0.909 bits per heavy atom. The molecule has 0 fully saturated rings. The summed E-state index contributed by atoms with van der Waals surface area (Å²) in [7, 11) is 2.94. The van der Waals surface area contributed by atoms with Gasteiger partial charge < -0.3 is 9.96 Å². The van der Waals surface area contributed by atoms with Gasteiger partial charge >= 0.3 is 0 Å². The molecule has 2 N–H and O–H groups in total. The first-order chi connectivity index (χ1) is 5.24. The van der Waals surface area contributed by atoms with Gasteiger partial charge in [-0.3, -0.25) is 0 Å². The third kappa shape index (κ3) is 3.36. The Bertz CT molecular complexity index is 84.1. The molecular weight excluding hydrogens is 152 g/mol. The summed E-state index contributed by atoms with van der Waals surface area (Å²) in [5.74, 6) is 0. The molecule has 0 heterocycles. The second-order valence-electron chi connectivity index (χ2n) is 3.08. The average Bonchev–Trinajstić information content (AvgIpc) is 2.04. The summed E-state index contributed by atoms with van der Waals surface area (Å²) in [6.45, 7) is 4.51. The zero-order chi connectivity index (χ0) is 8.74. The van der Waals surface area contributed by atoms with E-state index in [1.165, 1.54) is 24.9 Å². The molecule has 0 aromatic carbocycles. The average molecular weight is 174 g/mol. The van der Waals surface area contributed by atoms with E-state index < -0.39 is 8.40 Å². The van der Waals surface area contributed by atoms with Crippen LogP contribution in [-0.4, -0.2) is 22.5 Å². The zero-order valence-electron chi connectivity index (χ0n) is 8.33. The van der Waals surface area contributed by atoms with E-state index in [2.05, 4.69) is 37.9 Å². The Labute approximate surface area is 71.9 Å². The van der Waals surface area contributed by atoms with Gasteiger partial charge in [0.05, 0.1) is 0 Å². The number of hydrogen-bond acceptors (Lipinski definition) is 2. The summed E-state index contributed by atoms with van der Waals surface area (Å²) in [6, 6.07) is 2.68. The van der Waals surface area contributed by atoms with E-state index in [9.17, 15) is 0 Å². The van der Waals surface area contributed by atoms with Crippen LogP contribution < -0.4 is 9.96 Å². The van der Waals surface area contributed by atoms with Crippen LogP contribution in [-0.2, 0) is 0 Å². The summed E-state index contributed by atoms with van der Waals surface area (Å²) in [4.78, 5) is 6.99. The summed E-state index contributed by atoms with van der Waals surface area (Å²) >= 11 is 0. The van der Waals surface area contributed by atoms with Crippen LogP contribution in [0, 0.1) is 0 Å². The van der Waals surface area contributed by atoms with Gasteiger partial charge in [0.2, 0.25) is 8.40 Å². The van der Waals surface area contributed by atoms with Crippen molar-refractivity contribution in [3.05, 3.63) is 0 Å². The molecular formula is C8H22N2Si. The summed E-state index contributed by atoms with van der Waals surface area (Å²) < 4.78 is 0. The third-order valence-electron chi connectivity index (χ3n) is 2.31. The van der Waals surface area contributed by atoms with E-state index in [-0.39, 0.29) is 0 Å². The highest BCUT2D eigenvalue weighted by Gasteiger charge is 2.27. The van der Waals surface area contributed by atoms with E-state index in [1.807, 2.05) is 0 Å². The lowest BCUT2D eigenvalue weighted by atomic mass is 10.6. The molecule has 0 aliphatic carbocycles. The fraction of sp³-hybridized carbons (Fsp3) is 1.00. The van der Waals surface area contributed by atoms with Gasteiger partial charge in [-0.05, 0) is 26.2 Å². The largest absolute Gasteiger partial charge is 0.328 e. The van der Waals surface area contributed by atoms with Gasteiger partial charge in [-0.1, -0.05) is 26.7 Å². The molecule has 3 heteroatoms. The van der Waals surface area contributed by atoms with Crippen molar-refractivity contribution in [1.29, 1.82) is 0 Å². The maximum absolute atomic E-state index is 3.49. The van der Waals surface area contributed by atoms with Crippen molar-refractivity contribution in [2.45, 2.75) is 38.8 Å². The maximum atomic E-state index is 3.49. The Balaban J connectivity index is 3.96. The fourth-order valence-corrected chi connectivity index (χ4v) is 4.81. The number of nitrogens with one attached hydrogen (secondary N) is 2. The molecule has 11 heavy (non-hydrogen) atoms. The number of hydrogen-bond donors (Lipinski definition) is 2. The fourth-order valence-electron chi connectivity index (χ4n) is 1.60. The van der Waals surface area contributed by atoms with Crippen molar-refractivity contribution < 1.29 is 0 Å². The monoisotopic (exact) mass is 174 g/mol. The molecule has 0 saturated carbocycles. The molecule has 0 aromatic rings. The molecule has 0 atom stereocenters. The first-order valence-corrected chi connectivity index (χ1v) is 7.04. The molecule has 0 radical (unpaired) electrons. The predicted octanol–water partition coefficient (Wildman–Crippen LogP) is 1.69. The molecule has 68 valence electrons. The molecule has 0 aliphatic rings. The summed E-state index contributed by atoms with van der Waals surface area (Å²) in [5.41, 5.74) is 0. The highest BCUT2D eigenvalue weighted by molar-refractivity contribution is 6.74. The SMILES string of the molecule is CCC[Si](CCC)(NC)NC. The Kier molecular flexibility index (Phi) is 5.82. The first kappa shape index (κ1) is 11.1. The van der Waals surface area contributed by atoms with Crippen molar-refractivity contribution in [1.82, 2.24) is 9.96 Å². The van der Waals surface area contributed by atoms with Crippen LogP contribution in [0.15, 0.2) is 0 Å². The smallest absolute Gasteiger partial charge is 0.200 e. The second kappa shape index (κ2) is 5.74. The standard InChI is InChI=1S/C8H22N2Si/c1-5-7-11(9-3,10-4)8-6-2/h9-10H,5-8H2,1-4H3. The molecule has 0 spiro atoms. The molecule has 0 aliphatic heterocycles. The van der Waals surface area contributed by atoms with E-state index in [4.69, 9.17) is 0 Å². The lowest BCUT2D eigenvalue weighted by molar-refractivity contribution is 0.864. The minimum atomic E-state index is -1.24. The molecule has 0 aromatic heterocycles. The van der Waals surface area contributed by atoms with Gasteiger partial charge in [0.25, 0.3) is 0 Å². The van der Waals surface area contributed by atoms with E-state index >= 15 is 0 Å². The van der Waals surface area contributed by atoms with Gasteiger partial charge in [-0.2, -0.15) is 0 Å². The highest BCUT2D eigenvalue weighted by Crippen LogP contribution is 2.12. The van der Waals surface area contributed by atoms with Crippen molar-refractivity contribution in [2.75, 3.05) is 14.1 Å². The van der Waals surface area contributed by atoms with Crippen LogP contribution in [0.3, 0.4) is 0 Å². The molecule has 0 saturated heterocycles. The third-order valence-corrected chi connectivity index (χ3v) is 6.93. The van der Waals surface area contributed by atoms with E-state index in [0.717, 1.165) is 0 Å². The van der Waals surface area contributed by atoms with E-state index in [0.29, 0.717) is 0 Å². The topological polar surface area (TPSA) is 24.1 Å². The van der Waals surface area contributed by atoms with Crippen LogP contribution in [0.1, 0.15) is 26.7 Å². The van der Waals surface area contributed by atoms with E-state index in [1.54, 1.807) is 0 Å². The van der Waals surface area contributed by atoms with Crippen LogP contribution in [0.4, 0.5) is 0 Å². The van der Waals surface area contributed by atoms with Gasteiger partial charge in [-0.15, -0.1) is 0 Å². The normalized spacial score (nSPS) is 12.0. The van der Waals surface area contributed by atoms with Gasteiger partial charge in [-0.25, -0.2) is 0 Å². The van der Waals surface area contributed by atoms with Crippen molar-refractivity contribution in [3.63, 3.8) is 0 Å². The lowest BCUT2D eigenvalue weighted by Gasteiger charge is -2.29. The minimum absolute atomic E-state index is 1.24. The van der Waals surface area contributed by atoms with Crippen LogP contribution in [0.2, 0.25) is 12.1 Å². The lowest BCUT2D eigenvalue weighted by Crippen LogP contribution is -2.59. The maximum Gasteiger partial charge on any atom is 0.200 e. The summed E-state index contributed by atoms with van der Waals surface area (Å²) in [5, 5.41) is 0. The number of rotatable bonds is 6. The van der Waals surface area contributed by atoms with Crippen LogP contribution in [0.25, 0.3) is 0 Å². The molecule has 0 rings (SSSR count). The molecule has 0 unspecified atom stereocenters.